The molecule has 8 heteroatoms. The molecule has 3 heterocycles. The summed E-state index contributed by atoms with van der Waals surface area (Å²) in [7, 11) is 0. The summed E-state index contributed by atoms with van der Waals surface area (Å²) in [6, 6.07) is 9.97. The van der Waals surface area contributed by atoms with E-state index in [1.54, 1.807) is 13.8 Å². The number of rotatable bonds is 5. The van der Waals surface area contributed by atoms with Gasteiger partial charge in [-0.2, -0.15) is 0 Å². The second-order valence-corrected chi connectivity index (χ2v) is 13.3. The summed E-state index contributed by atoms with van der Waals surface area (Å²) in [6.45, 7) is 14.8. The van der Waals surface area contributed by atoms with Crippen LogP contribution in [0.2, 0.25) is 0 Å². The Hall–Kier alpha value is -3.39. The lowest BCUT2D eigenvalue weighted by molar-refractivity contribution is -0.184. The van der Waals surface area contributed by atoms with E-state index in [2.05, 4.69) is 11.1 Å². The summed E-state index contributed by atoms with van der Waals surface area (Å²) in [6.07, 6.45) is 5.70. The SMILES string of the molecule is CC[C@H]1OC(=O)[C@H](C)C(=O)[C@H](C)[C@@H](C)[C@](C)(OC/C=C/c2cnc3ccccc3c2)C[C@@H](C)C(=O)[C@H](C)[C@H]2CC(=O)O[C@@]21C. The minimum Gasteiger partial charge on any atom is -0.458 e. The maximum absolute atomic E-state index is 14.0. The Balaban J connectivity index is 1.63. The number of cyclic esters (lactones) is 1. The van der Waals surface area contributed by atoms with Crippen LogP contribution in [0, 0.1) is 35.5 Å². The fourth-order valence-electron chi connectivity index (χ4n) is 7.19. The van der Waals surface area contributed by atoms with Gasteiger partial charge in [-0.1, -0.05) is 65.0 Å². The van der Waals surface area contributed by atoms with Crippen LogP contribution < -0.4 is 0 Å². The molecule has 2 fully saturated rings. The summed E-state index contributed by atoms with van der Waals surface area (Å²) in [5.74, 6) is -4.62. The van der Waals surface area contributed by atoms with Crippen LogP contribution >= 0.6 is 0 Å². The molecule has 0 aliphatic carbocycles. The number of fused-ring (bicyclic) bond motifs is 2. The number of esters is 2. The number of carbonyl (C=O) groups is 4. The first-order valence-corrected chi connectivity index (χ1v) is 15.9. The van der Waals surface area contributed by atoms with Crippen molar-refractivity contribution in [3.63, 3.8) is 0 Å². The van der Waals surface area contributed by atoms with Crippen molar-refractivity contribution in [2.75, 3.05) is 6.61 Å². The van der Waals surface area contributed by atoms with Gasteiger partial charge in [0.1, 0.15) is 29.2 Å². The molecule has 0 saturated carbocycles. The molecule has 0 bridgehead atoms. The molecule has 238 valence electrons. The lowest BCUT2D eigenvalue weighted by atomic mass is 9.69. The minimum absolute atomic E-state index is 0.00934. The number of hydrogen-bond acceptors (Lipinski definition) is 8. The average molecular weight is 606 g/mol. The molecule has 0 amide bonds. The third-order valence-electron chi connectivity index (χ3n) is 10.3. The number of nitrogens with zero attached hydrogens (tertiary/aromatic N) is 1. The number of Topliss-reactive ketones (excluding diaryl/α,β-unsaturated/α-hetero) is 2. The topological polar surface area (TPSA) is 109 Å². The monoisotopic (exact) mass is 605 g/mol. The smallest absolute Gasteiger partial charge is 0.316 e. The number of hydrogen-bond donors (Lipinski definition) is 0. The van der Waals surface area contributed by atoms with E-state index in [0.717, 1.165) is 16.5 Å². The molecule has 0 N–H and O–H groups in total. The molecule has 1 aromatic heterocycles. The van der Waals surface area contributed by atoms with Gasteiger partial charge in [0.25, 0.3) is 0 Å². The number of carbonyl (C=O) groups excluding carboxylic acids is 4. The maximum Gasteiger partial charge on any atom is 0.316 e. The minimum atomic E-state index is -1.18. The lowest BCUT2D eigenvalue weighted by Gasteiger charge is -2.42. The van der Waals surface area contributed by atoms with Gasteiger partial charge in [-0.3, -0.25) is 24.2 Å². The highest BCUT2D eigenvalue weighted by molar-refractivity contribution is 6.00. The second-order valence-electron chi connectivity index (χ2n) is 13.3. The van der Waals surface area contributed by atoms with E-state index in [-0.39, 0.29) is 30.5 Å². The van der Waals surface area contributed by atoms with Crippen LogP contribution in [0.5, 0.6) is 0 Å². The van der Waals surface area contributed by atoms with Crippen LogP contribution in [0.25, 0.3) is 17.0 Å². The van der Waals surface area contributed by atoms with Gasteiger partial charge in [0.2, 0.25) is 0 Å². The zero-order chi connectivity index (χ0) is 32.4. The highest BCUT2D eigenvalue weighted by Crippen LogP contribution is 2.45. The fourth-order valence-corrected chi connectivity index (χ4v) is 7.19. The van der Waals surface area contributed by atoms with Gasteiger partial charge in [0.05, 0.1) is 24.1 Å². The van der Waals surface area contributed by atoms with Crippen LogP contribution in [-0.2, 0) is 33.4 Å². The molecule has 4 rings (SSSR count). The van der Waals surface area contributed by atoms with Gasteiger partial charge in [-0.05, 0) is 57.2 Å². The van der Waals surface area contributed by atoms with Crippen molar-refractivity contribution in [3.8, 4) is 0 Å². The summed E-state index contributed by atoms with van der Waals surface area (Å²) < 4.78 is 18.2. The van der Waals surface area contributed by atoms with Crippen LogP contribution in [0.1, 0.15) is 80.2 Å². The van der Waals surface area contributed by atoms with Crippen molar-refractivity contribution in [2.24, 2.45) is 35.5 Å². The first-order valence-electron chi connectivity index (χ1n) is 15.9. The van der Waals surface area contributed by atoms with E-state index >= 15 is 0 Å². The summed E-state index contributed by atoms with van der Waals surface area (Å²) in [4.78, 5) is 58.1. The molecular weight excluding hydrogens is 558 g/mol. The summed E-state index contributed by atoms with van der Waals surface area (Å²) in [5, 5.41) is 1.04. The van der Waals surface area contributed by atoms with Gasteiger partial charge in [-0.25, -0.2) is 0 Å². The van der Waals surface area contributed by atoms with Crippen molar-refractivity contribution in [1.82, 2.24) is 4.98 Å². The van der Waals surface area contributed by atoms with Gasteiger partial charge < -0.3 is 14.2 Å². The Morgan fingerprint density at radius 2 is 1.70 bits per heavy atom. The molecule has 8 nitrogen and oxygen atoms in total. The van der Waals surface area contributed by atoms with Crippen molar-refractivity contribution in [3.05, 3.63) is 48.2 Å². The Labute approximate surface area is 260 Å². The number of ketones is 2. The van der Waals surface area contributed by atoms with E-state index in [0.29, 0.717) is 12.8 Å². The second kappa shape index (κ2) is 13.3. The quantitative estimate of drug-likeness (QED) is 0.285. The number of ether oxygens (including phenoxy) is 3. The van der Waals surface area contributed by atoms with E-state index in [1.807, 2.05) is 84.2 Å². The predicted octanol–water partition coefficient (Wildman–Crippen LogP) is 6.39. The molecule has 0 radical (unpaired) electrons. The number of para-hydroxylation sites is 1. The van der Waals surface area contributed by atoms with E-state index < -0.39 is 58.8 Å². The molecule has 2 saturated heterocycles. The van der Waals surface area contributed by atoms with Gasteiger partial charge >= 0.3 is 11.9 Å². The first kappa shape index (κ1) is 33.5. The standard InChI is InChI=1S/C36H47NO7/c1-9-30-36(8)28(18-31(38)44-36)23(4)32(39)21(2)19-35(7,25(6)22(3)33(40)24(5)34(41)43-30)42-16-12-13-26-17-27-14-10-11-15-29(27)37-20-26/h10-15,17,20-25,28,30H,9,16,18-19H2,1-8H3/b13-12+/t21-,22-,23-,24-,25-,28-,30-,35-,36+/m1/s1. The number of pyridine rings is 1. The molecule has 0 spiro atoms. The van der Waals surface area contributed by atoms with E-state index in [1.165, 1.54) is 0 Å². The molecule has 2 aliphatic rings. The molecule has 2 aliphatic heterocycles. The Kier molecular flexibility index (Phi) is 10.1. The lowest BCUT2D eigenvalue weighted by Crippen LogP contribution is -2.52. The maximum atomic E-state index is 14.0. The molecule has 9 atom stereocenters. The van der Waals surface area contributed by atoms with E-state index in [4.69, 9.17) is 14.2 Å². The molecule has 0 unspecified atom stereocenters. The third kappa shape index (κ3) is 6.65. The zero-order valence-corrected chi connectivity index (χ0v) is 27.3. The van der Waals surface area contributed by atoms with E-state index in [9.17, 15) is 19.2 Å². The molecule has 2 aromatic rings. The first-order chi connectivity index (χ1) is 20.7. The van der Waals surface area contributed by atoms with Gasteiger partial charge in [0, 0.05) is 35.3 Å². The Morgan fingerprint density at radius 3 is 2.41 bits per heavy atom. The van der Waals surface area contributed by atoms with Crippen molar-refractivity contribution < 1.29 is 33.4 Å². The van der Waals surface area contributed by atoms with Gasteiger partial charge in [-0.15, -0.1) is 0 Å². The highest BCUT2D eigenvalue weighted by Gasteiger charge is 2.56. The zero-order valence-electron chi connectivity index (χ0n) is 27.3. The predicted molar refractivity (Wildman–Crippen MR) is 168 cm³/mol. The van der Waals surface area contributed by atoms with Crippen LogP contribution in [-0.4, -0.2) is 52.4 Å². The van der Waals surface area contributed by atoms with Crippen molar-refractivity contribution >= 4 is 40.5 Å². The molecule has 1 aromatic carbocycles. The number of benzene rings is 1. The largest absolute Gasteiger partial charge is 0.458 e. The van der Waals surface area contributed by atoms with Crippen LogP contribution in [0.3, 0.4) is 0 Å². The van der Waals surface area contributed by atoms with Crippen LogP contribution in [0.15, 0.2) is 42.6 Å². The third-order valence-corrected chi connectivity index (χ3v) is 10.3. The highest BCUT2D eigenvalue weighted by atomic mass is 16.6. The van der Waals surface area contributed by atoms with Crippen molar-refractivity contribution in [1.29, 1.82) is 0 Å². The summed E-state index contributed by atoms with van der Waals surface area (Å²) in [5.41, 5.74) is -0.192. The average Bonchev–Trinajstić information content (AvgIpc) is 3.33. The fraction of sp³-hybridized carbons (Fsp3) is 0.583. The van der Waals surface area contributed by atoms with Crippen LogP contribution in [0.4, 0.5) is 0 Å². The number of aromatic nitrogens is 1. The Bertz CT molecular complexity index is 1430. The molecular formula is C36H47NO7. The Morgan fingerprint density at radius 1 is 1.00 bits per heavy atom. The molecule has 44 heavy (non-hydrogen) atoms. The summed E-state index contributed by atoms with van der Waals surface area (Å²) >= 11 is 0. The normalized spacial score (nSPS) is 35.8. The van der Waals surface area contributed by atoms with Crippen molar-refractivity contribution in [2.45, 2.75) is 92.0 Å². The van der Waals surface area contributed by atoms with Gasteiger partial charge in [0.15, 0.2) is 0 Å².